The summed E-state index contributed by atoms with van der Waals surface area (Å²) in [5.41, 5.74) is 1.11. The molecule has 1 unspecified atom stereocenters. The van der Waals surface area contributed by atoms with E-state index in [0.717, 1.165) is 30.7 Å². The van der Waals surface area contributed by atoms with Crippen LogP contribution in [0.25, 0.3) is 0 Å². The molecular formula is C15H20ClNO. The third-order valence-electron chi connectivity index (χ3n) is 2.69. The van der Waals surface area contributed by atoms with Crippen LogP contribution < -0.4 is 10.1 Å². The van der Waals surface area contributed by atoms with Crippen LogP contribution in [0.5, 0.6) is 5.75 Å². The largest absolute Gasteiger partial charge is 0.496 e. The molecule has 98 valence electrons. The van der Waals surface area contributed by atoms with Crippen LogP contribution in [0.4, 0.5) is 0 Å². The molecule has 3 heteroatoms. The zero-order valence-corrected chi connectivity index (χ0v) is 12.0. The van der Waals surface area contributed by atoms with Crippen LogP contribution in [0.3, 0.4) is 0 Å². The van der Waals surface area contributed by atoms with E-state index in [9.17, 15) is 0 Å². The van der Waals surface area contributed by atoms with Crippen LogP contribution in [0.1, 0.15) is 38.3 Å². The second-order valence-electron chi connectivity index (χ2n) is 4.02. The smallest absolute Gasteiger partial charge is 0.125 e. The molecule has 0 aromatic heterocycles. The molecule has 0 heterocycles. The number of halogens is 1. The lowest BCUT2D eigenvalue weighted by Crippen LogP contribution is -2.22. The minimum atomic E-state index is 0.185. The van der Waals surface area contributed by atoms with Crippen molar-refractivity contribution in [2.24, 2.45) is 0 Å². The maximum absolute atomic E-state index is 5.98. The minimum Gasteiger partial charge on any atom is -0.496 e. The van der Waals surface area contributed by atoms with Gasteiger partial charge in [-0.1, -0.05) is 24.6 Å². The summed E-state index contributed by atoms with van der Waals surface area (Å²) in [5.74, 6) is 6.87. The second kappa shape index (κ2) is 8.02. The van der Waals surface area contributed by atoms with Crippen LogP contribution >= 0.6 is 11.6 Å². The van der Waals surface area contributed by atoms with Gasteiger partial charge in [-0.05, 0) is 32.0 Å². The van der Waals surface area contributed by atoms with Crippen LogP contribution in [0.15, 0.2) is 18.2 Å². The van der Waals surface area contributed by atoms with E-state index in [-0.39, 0.29) is 6.04 Å². The van der Waals surface area contributed by atoms with Crippen molar-refractivity contribution in [3.63, 3.8) is 0 Å². The number of nitrogens with one attached hydrogen (secondary N) is 1. The number of hydrogen-bond donors (Lipinski definition) is 1. The number of benzene rings is 1. The van der Waals surface area contributed by atoms with Crippen molar-refractivity contribution in [2.75, 3.05) is 13.7 Å². The predicted octanol–water partition coefficient (Wildman–Crippen LogP) is 3.80. The standard InChI is InChI=1S/C15H20ClNO/c1-4-6-7-14(17-10-5-2)13-9-8-12(16)11-15(13)18-3/h8-9,11,14,17H,5,7,10H2,1-3H3. The number of hydrogen-bond acceptors (Lipinski definition) is 2. The van der Waals surface area contributed by atoms with Gasteiger partial charge < -0.3 is 10.1 Å². The fraction of sp³-hybridized carbons (Fsp3) is 0.467. The highest BCUT2D eigenvalue weighted by molar-refractivity contribution is 6.30. The monoisotopic (exact) mass is 265 g/mol. The molecule has 0 aliphatic rings. The van der Waals surface area contributed by atoms with Gasteiger partial charge in [0.25, 0.3) is 0 Å². The van der Waals surface area contributed by atoms with Crippen molar-refractivity contribution in [3.05, 3.63) is 28.8 Å². The fourth-order valence-electron chi connectivity index (χ4n) is 1.79. The van der Waals surface area contributed by atoms with Crippen molar-refractivity contribution in [3.8, 4) is 17.6 Å². The molecular weight excluding hydrogens is 246 g/mol. The highest BCUT2D eigenvalue weighted by Gasteiger charge is 2.14. The molecule has 0 aliphatic carbocycles. The first-order valence-corrected chi connectivity index (χ1v) is 6.57. The normalized spacial score (nSPS) is 11.6. The van der Waals surface area contributed by atoms with E-state index in [4.69, 9.17) is 16.3 Å². The molecule has 1 aromatic carbocycles. The first-order chi connectivity index (χ1) is 8.72. The fourth-order valence-corrected chi connectivity index (χ4v) is 1.95. The molecule has 0 saturated heterocycles. The molecule has 0 amide bonds. The van der Waals surface area contributed by atoms with Crippen molar-refractivity contribution in [2.45, 2.75) is 32.7 Å². The molecule has 0 saturated carbocycles. The third kappa shape index (κ3) is 4.25. The van der Waals surface area contributed by atoms with Crippen molar-refractivity contribution in [1.29, 1.82) is 0 Å². The van der Waals surface area contributed by atoms with Gasteiger partial charge in [-0.3, -0.25) is 0 Å². The lowest BCUT2D eigenvalue weighted by atomic mass is 10.0. The quantitative estimate of drug-likeness (QED) is 0.790. The summed E-state index contributed by atoms with van der Waals surface area (Å²) in [6, 6.07) is 5.92. The summed E-state index contributed by atoms with van der Waals surface area (Å²) in [5, 5.41) is 4.18. The van der Waals surface area contributed by atoms with Gasteiger partial charge in [0.05, 0.1) is 7.11 Å². The molecule has 1 aromatic rings. The van der Waals surface area contributed by atoms with Crippen LogP contribution in [0, 0.1) is 11.8 Å². The Morgan fingerprint density at radius 2 is 2.22 bits per heavy atom. The Morgan fingerprint density at radius 3 is 2.83 bits per heavy atom. The SMILES string of the molecule is CC#CCC(NCCC)c1ccc(Cl)cc1OC. The van der Waals surface area contributed by atoms with E-state index in [1.54, 1.807) is 7.11 Å². The van der Waals surface area contributed by atoms with E-state index in [2.05, 4.69) is 24.1 Å². The zero-order valence-electron chi connectivity index (χ0n) is 11.2. The van der Waals surface area contributed by atoms with Gasteiger partial charge in [0.15, 0.2) is 0 Å². The highest BCUT2D eigenvalue weighted by Crippen LogP contribution is 2.29. The number of rotatable bonds is 6. The third-order valence-corrected chi connectivity index (χ3v) is 2.93. The Morgan fingerprint density at radius 1 is 1.44 bits per heavy atom. The first kappa shape index (κ1) is 14.9. The van der Waals surface area contributed by atoms with Gasteiger partial charge in [0.1, 0.15) is 5.75 Å². The summed E-state index contributed by atoms with van der Waals surface area (Å²) in [6.07, 6.45) is 1.86. The van der Waals surface area contributed by atoms with Crippen LogP contribution in [-0.4, -0.2) is 13.7 Å². The lowest BCUT2D eigenvalue weighted by molar-refractivity contribution is 0.399. The van der Waals surface area contributed by atoms with Gasteiger partial charge in [-0.25, -0.2) is 0 Å². The Hall–Kier alpha value is -1.17. The maximum atomic E-state index is 5.98. The van der Waals surface area contributed by atoms with E-state index in [1.807, 2.05) is 25.1 Å². The molecule has 0 bridgehead atoms. The summed E-state index contributed by atoms with van der Waals surface area (Å²) >= 11 is 5.98. The van der Waals surface area contributed by atoms with Crippen LogP contribution in [-0.2, 0) is 0 Å². The van der Waals surface area contributed by atoms with Gasteiger partial charge >= 0.3 is 0 Å². The molecule has 0 aliphatic heterocycles. The zero-order chi connectivity index (χ0) is 13.4. The van der Waals surface area contributed by atoms with Crippen molar-refractivity contribution < 1.29 is 4.74 Å². The van der Waals surface area contributed by atoms with Gasteiger partial charge in [-0.15, -0.1) is 11.8 Å². The average molecular weight is 266 g/mol. The molecule has 0 spiro atoms. The van der Waals surface area contributed by atoms with Gasteiger partial charge in [0.2, 0.25) is 0 Å². The maximum Gasteiger partial charge on any atom is 0.125 e. The van der Waals surface area contributed by atoms with Crippen molar-refractivity contribution >= 4 is 11.6 Å². The number of methoxy groups -OCH3 is 1. The topological polar surface area (TPSA) is 21.3 Å². The number of ether oxygens (including phenoxy) is 1. The molecule has 0 radical (unpaired) electrons. The summed E-state index contributed by atoms with van der Waals surface area (Å²) in [6.45, 7) is 4.96. The Bertz CT molecular complexity index is 434. The van der Waals surface area contributed by atoms with Crippen molar-refractivity contribution in [1.82, 2.24) is 5.32 Å². The lowest BCUT2D eigenvalue weighted by Gasteiger charge is -2.19. The Kier molecular flexibility index (Phi) is 6.64. The van der Waals surface area contributed by atoms with E-state index < -0.39 is 0 Å². The van der Waals surface area contributed by atoms with Gasteiger partial charge in [-0.2, -0.15) is 0 Å². The van der Waals surface area contributed by atoms with E-state index in [0.29, 0.717) is 5.02 Å². The predicted molar refractivity (Wildman–Crippen MR) is 77.1 cm³/mol. The van der Waals surface area contributed by atoms with E-state index in [1.165, 1.54) is 0 Å². The molecule has 1 rings (SSSR count). The minimum absolute atomic E-state index is 0.185. The van der Waals surface area contributed by atoms with Gasteiger partial charge in [0, 0.05) is 23.0 Å². The Balaban J connectivity index is 2.97. The van der Waals surface area contributed by atoms with Crippen LogP contribution in [0.2, 0.25) is 5.02 Å². The summed E-state index contributed by atoms with van der Waals surface area (Å²) in [4.78, 5) is 0. The molecule has 1 atom stereocenters. The highest BCUT2D eigenvalue weighted by atomic mass is 35.5. The Labute approximate surface area is 115 Å². The molecule has 18 heavy (non-hydrogen) atoms. The molecule has 2 nitrogen and oxygen atoms in total. The van der Waals surface area contributed by atoms with E-state index >= 15 is 0 Å². The second-order valence-corrected chi connectivity index (χ2v) is 4.46. The average Bonchev–Trinajstić information content (AvgIpc) is 2.39. The summed E-state index contributed by atoms with van der Waals surface area (Å²) in [7, 11) is 1.66. The molecule has 0 fully saturated rings. The molecule has 1 N–H and O–H groups in total. The first-order valence-electron chi connectivity index (χ1n) is 6.19. The summed E-state index contributed by atoms with van der Waals surface area (Å²) < 4.78 is 5.39.